The second-order valence-electron chi connectivity index (χ2n) is 7.96. The summed E-state index contributed by atoms with van der Waals surface area (Å²) in [5.41, 5.74) is 4.19. The number of amides is 2. The topological polar surface area (TPSA) is 61.4 Å². The van der Waals surface area contributed by atoms with Gasteiger partial charge in [0.15, 0.2) is 0 Å². The molecule has 2 amide bonds. The number of rotatable bonds is 5. The molecule has 1 aliphatic rings. The molecule has 33 heavy (non-hydrogen) atoms. The van der Waals surface area contributed by atoms with Gasteiger partial charge in [0.05, 0.1) is 10.7 Å². The average molecular weight is 480 g/mol. The van der Waals surface area contributed by atoms with Crippen molar-refractivity contribution in [1.82, 2.24) is 0 Å². The highest BCUT2D eigenvalue weighted by Gasteiger charge is 2.16. The van der Waals surface area contributed by atoms with Gasteiger partial charge >= 0.3 is 0 Å². The van der Waals surface area contributed by atoms with Crippen molar-refractivity contribution in [2.24, 2.45) is 0 Å². The van der Waals surface area contributed by atoms with Gasteiger partial charge in [0.25, 0.3) is 11.8 Å². The second kappa shape index (κ2) is 10.8. The zero-order valence-corrected chi connectivity index (χ0v) is 20.0. The minimum absolute atomic E-state index is 0.203. The van der Waals surface area contributed by atoms with Gasteiger partial charge in [-0.3, -0.25) is 9.59 Å². The maximum Gasteiger partial charge on any atom is 0.255 e. The van der Waals surface area contributed by atoms with Crippen molar-refractivity contribution in [1.29, 1.82) is 0 Å². The molecule has 1 fully saturated rings. The number of anilines is 3. The molecule has 1 aliphatic heterocycles. The fraction of sp³-hybridized carbons (Fsp3) is 0.231. The van der Waals surface area contributed by atoms with Crippen LogP contribution in [0.1, 0.15) is 45.5 Å². The Morgan fingerprint density at radius 2 is 1.73 bits per heavy atom. The van der Waals surface area contributed by atoms with E-state index in [9.17, 15) is 9.59 Å². The van der Waals surface area contributed by atoms with Gasteiger partial charge in [-0.05, 0) is 85.8 Å². The van der Waals surface area contributed by atoms with Crippen LogP contribution in [-0.4, -0.2) is 24.1 Å². The first kappa shape index (κ1) is 23.2. The van der Waals surface area contributed by atoms with E-state index in [1.165, 1.54) is 19.3 Å². The number of nitrogens with one attached hydrogen (secondary N) is 2. The predicted octanol–water partition coefficient (Wildman–Crippen LogP) is 6.79. The fourth-order valence-electron chi connectivity index (χ4n) is 3.72. The van der Waals surface area contributed by atoms with E-state index in [2.05, 4.69) is 21.0 Å². The number of hydrogen-bond donors (Lipinski definition) is 2. The van der Waals surface area contributed by atoms with E-state index < -0.39 is 0 Å². The molecule has 2 N–H and O–H groups in total. The molecule has 0 aliphatic carbocycles. The monoisotopic (exact) mass is 479 g/mol. The molecule has 4 rings (SSSR count). The average Bonchev–Trinajstić information content (AvgIpc) is 3.11. The Labute approximate surface area is 203 Å². The van der Waals surface area contributed by atoms with Gasteiger partial charge in [-0.25, -0.2) is 0 Å². The normalized spacial score (nSPS) is 13.8. The van der Waals surface area contributed by atoms with Gasteiger partial charge < -0.3 is 14.9 Å². The zero-order valence-electron chi connectivity index (χ0n) is 18.4. The Kier molecular flexibility index (Phi) is 7.57. The molecule has 0 atom stereocenters. The van der Waals surface area contributed by atoms with Crippen LogP contribution in [0.5, 0.6) is 0 Å². The van der Waals surface area contributed by atoms with Crippen LogP contribution in [0.2, 0.25) is 5.02 Å². The molecular formula is C26H26ClN3O2S. The van der Waals surface area contributed by atoms with E-state index in [0.717, 1.165) is 23.5 Å². The van der Waals surface area contributed by atoms with Crippen molar-refractivity contribution in [3.63, 3.8) is 0 Å². The minimum Gasteiger partial charge on any atom is -0.322 e. The number of aryl methyl sites for hydroxylation is 1. The van der Waals surface area contributed by atoms with Crippen molar-refractivity contribution in [3.8, 4) is 0 Å². The highest BCUT2D eigenvalue weighted by Crippen LogP contribution is 2.30. The summed E-state index contributed by atoms with van der Waals surface area (Å²) < 4.78 is 2.32. The molecule has 0 aromatic heterocycles. The SMILES string of the molecule is Cc1cc(N2CCCCCS2)ccc1C(=O)Nc1ccc(Cl)c(NC(=O)c2ccccc2)c1. The van der Waals surface area contributed by atoms with Crippen molar-refractivity contribution in [2.45, 2.75) is 26.2 Å². The summed E-state index contributed by atoms with van der Waals surface area (Å²) in [6.45, 7) is 2.98. The first-order valence-corrected chi connectivity index (χ1v) is 12.3. The van der Waals surface area contributed by atoms with Gasteiger partial charge in [-0.2, -0.15) is 0 Å². The number of carbonyl (C=O) groups is 2. The van der Waals surface area contributed by atoms with Gasteiger partial charge in [-0.15, -0.1) is 0 Å². The lowest BCUT2D eigenvalue weighted by Crippen LogP contribution is -2.17. The first-order chi connectivity index (χ1) is 16.0. The van der Waals surface area contributed by atoms with Gasteiger partial charge in [0.1, 0.15) is 0 Å². The van der Waals surface area contributed by atoms with Crippen LogP contribution in [0.3, 0.4) is 0 Å². The number of hydrogen-bond acceptors (Lipinski definition) is 4. The molecule has 3 aromatic rings. The Hall–Kier alpha value is -2.96. The molecule has 1 saturated heterocycles. The standard InChI is InChI=1S/C26H26ClN3O2S/c1-18-16-21(30-14-6-3-7-15-33-30)11-12-22(18)26(32)28-20-10-13-23(27)24(17-20)29-25(31)19-8-4-2-5-9-19/h2,4-5,8-13,16-17H,3,6-7,14-15H2,1H3,(H,28,32)(H,29,31). The van der Waals surface area contributed by atoms with E-state index in [-0.39, 0.29) is 11.8 Å². The summed E-state index contributed by atoms with van der Waals surface area (Å²) in [6.07, 6.45) is 3.70. The van der Waals surface area contributed by atoms with Crippen LogP contribution >= 0.6 is 23.5 Å². The molecule has 0 spiro atoms. The summed E-state index contributed by atoms with van der Waals surface area (Å²) >= 11 is 8.13. The van der Waals surface area contributed by atoms with Gasteiger partial charge in [0, 0.05) is 34.8 Å². The summed E-state index contributed by atoms with van der Waals surface area (Å²) in [5.74, 6) is 0.657. The van der Waals surface area contributed by atoms with Crippen LogP contribution < -0.4 is 14.9 Å². The van der Waals surface area contributed by atoms with Crippen LogP contribution in [0, 0.1) is 6.92 Å². The molecular weight excluding hydrogens is 454 g/mol. The third-order valence-electron chi connectivity index (χ3n) is 5.50. The van der Waals surface area contributed by atoms with Crippen LogP contribution in [0.4, 0.5) is 17.1 Å². The largest absolute Gasteiger partial charge is 0.322 e. The smallest absolute Gasteiger partial charge is 0.255 e. The number of halogens is 1. The van der Waals surface area contributed by atoms with Crippen molar-refractivity contribution in [2.75, 3.05) is 27.2 Å². The molecule has 1 heterocycles. The zero-order chi connectivity index (χ0) is 23.2. The van der Waals surface area contributed by atoms with Crippen LogP contribution in [0.15, 0.2) is 66.7 Å². The Balaban J connectivity index is 1.47. The minimum atomic E-state index is -0.265. The van der Waals surface area contributed by atoms with E-state index in [0.29, 0.717) is 27.5 Å². The maximum absolute atomic E-state index is 13.0. The Bertz CT molecular complexity index is 1150. The number of benzene rings is 3. The molecule has 170 valence electrons. The lowest BCUT2D eigenvalue weighted by atomic mass is 10.1. The first-order valence-electron chi connectivity index (χ1n) is 11.0. The lowest BCUT2D eigenvalue weighted by Gasteiger charge is -2.22. The summed E-state index contributed by atoms with van der Waals surface area (Å²) in [7, 11) is 0. The van der Waals surface area contributed by atoms with Gasteiger partial charge in [-0.1, -0.05) is 36.2 Å². The second-order valence-corrected chi connectivity index (χ2v) is 9.48. The summed E-state index contributed by atoms with van der Waals surface area (Å²) in [4.78, 5) is 25.5. The molecule has 5 nitrogen and oxygen atoms in total. The van der Waals surface area contributed by atoms with E-state index in [1.807, 2.05) is 37.1 Å². The fourth-order valence-corrected chi connectivity index (χ4v) is 4.96. The van der Waals surface area contributed by atoms with Crippen LogP contribution in [-0.2, 0) is 0 Å². The maximum atomic E-state index is 13.0. The van der Waals surface area contributed by atoms with Gasteiger partial charge in [0.2, 0.25) is 0 Å². The van der Waals surface area contributed by atoms with E-state index >= 15 is 0 Å². The highest BCUT2D eigenvalue weighted by atomic mass is 35.5. The highest BCUT2D eigenvalue weighted by molar-refractivity contribution is 8.00. The quantitative estimate of drug-likeness (QED) is 0.395. The predicted molar refractivity (Wildman–Crippen MR) is 139 cm³/mol. The number of carbonyl (C=O) groups excluding carboxylic acids is 2. The molecule has 3 aromatic carbocycles. The molecule has 0 saturated carbocycles. The molecule has 0 radical (unpaired) electrons. The molecule has 7 heteroatoms. The van der Waals surface area contributed by atoms with Crippen LogP contribution in [0.25, 0.3) is 0 Å². The van der Waals surface area contributed by atoms with Crippen molar-refractivity contribution >= 4 is 52.4 Å². The Morgan fingerprint density at radius 3 is 2.52 bits per heavy atom. The van der Waals surface area contributed by atoms with E-state index in [1.54, 1.807) is 42.5 Å². The number of nitrogens with zero attached hydrogens (tertiary/aromatic N) is 1. The molecule has 0 bridgehead atoms. The van der Waals surface area contributed by atoms with Crippen molar-refractivity contribution in [3.05, 3.63) is 88.4 Å². The van der Waals surface area contributed by atoms with Crippen molar-refractivity contribution < 1.29 is 9.59 Å². The third kappa shape index (κ3) is 5.89. The lowest BCUT2D eigenvalue weighted by molar-refractivity contribution is 0.101. The van der Waals surface area contributed by atoms with E-state index in [4.69, 9.17) is 11.6 Å². The third-order valence-corrected chi connectivity index (χ3v) is 7.01. The summed E-state index contributed by atoms with van der Waals surface area (Å²) in [6, 6.07) is 19.9. The summed E-state index contributed by atoms with van der Waals surface area (Å²) in [5, 5.41) is 6.13. The molecule has 0 unspecified atom stereocenters. The Morgan fingerprint density at radius 1 is 0.909 bits per heavy atom.